The van der Waals surface area contributed by atoms with Crippen LogP contribution in [0, 0.1) is 20.8 Å². The number of anilines is 1. The number of aryl methyl sites for hydroxylation is 5. The van der Waals surface area contributed by atoms with Crippen molar-refractivity contribution in [1.82, 2.24) is 19.1 Å². The second kappa shape index (κ2) is 14.9. The van der Waals surface area contributed by atoms with Gasteiger partial charge in [-0.2, -0.15) is 5.10 Å². The normalized spacial score (nSPS) is 18.6. The van der Waals surface area contributed by atoms with Crippen LogP contribution in [0.5, 0.6) is 5.75 Å². The molecule has 3 aromatic heterocycles. The first-order valence-corrected chi connectivity index (χ1v) is 20.2. The van der Waals surface area contributed by atoms with Crippen LogP contribution in [-0.2, 0) is 13.5 Å². The number of aromatic nitrogens is 3. The van der Waals surface area contributed by atoms with Crippen LogP contribution in [0.15, 0.2) is 77.1 Å². The zero-order valence-electron chi connectivity index (χ0n) is 33.7. The quantitative estimate of drug-likeness (QED) is 0.0891. The Morgan fingerprint density at radius 2 is 1.74 bits per heavy atom. The van der Waals surface area contributed by atoms with Gasteiger partial charge in [-0.1, -0.05) is 29.3 Å². The molecule has 294 valence electrons. The Hall–Kier alpha value is -5.32. The summed E-state index contributed by atoms with van der Waals surface area (Å²) in [6.45, 7) is 13.3. The number of amides is 1. The first kappa shape index (κ1) is 38.5. The number of amidine groups is 1. The minimum Gasteiger partial charge on any atom is -0.494 e. The van der Waals surface area contributed by atoms with E-state index in [4.69, 9.17) is 38.8 Å². The molecule has 3 atom stereocenters. The number of halogens is 2. The Morgan fingerprint density at radius 3 is 2.44 bits per heavy atom. The maximum absolute atomic E-state index is 15.3. The fourth-order valence-electron chi connectivity index (χ4n) is 8.82. The molecule has 3 aromatic carbocycles. The summed E-state index contributed by atoms with van der Waals surface area (Å²) in [5.41, 5.74) is 16.8. The Morgan fingerprint density at radius 1 is 0.982 bits per heavy atom. The lowest BCUT2D eigenvalue weighted by Crippen LogP contribution is -2.42. The van der Waals surface area contributed by atoms with Gasteiger partial charge in [0.1, 0.15) is 17.3 Å². The highest BCUT2D eigenvalue weighted by molar-refractivity contribution is 6.33. The van der Waals surface area contributed by atoms with Gasteiger partial charge in [0.05, 0.1) is 23.9 Å². The van der Waals surface area contributed by atoms with Crippen LogP contribution in [0.2, 0.25) is 10.0 Å². The van der Waals surface area contributed by atoms with E-state index in [0.29, 0.717) is 48.4 Å². The lowest BCUT2D eigenvalue weighted by atomic mass is 9.87. The summed E-state index contributed by atoms with van der Waals surface area (Å²) in [4.78, 5) is 26.2. The highest BCUT2D eigenvalue weighted by Gasteiger charge is 2.40. The lowest BCUT2D eigenvalue weighted by molar-refractivity contribution is 0.0957. The van der Waals surface area contributed by atoms with Crippen molar-refractivity contribution in [2.75, 3.05) is 25.1 Å². The van der Waals surface area contributed by atoms with Crippen LogP contribution in [0.25, 0.3) is 21.8 Å². The number of ether oxygens (including phenoxy) is 1. The largest absolute Gasteiger partial charge is 0.494 e. The molecule has 1 amide bonds. The number of hydrogen-bond acceptors (Lipinski definition) is 6. The van der Waals surface area contributed by atoms with Gasteiger partial charge in [0.25, 0.3) is 5.91 Å². The van der Waals surface area contributed by atoms with Crippen LogP contribution < -0.4 is 15.4 Å². The van der Waals surface area contributed by atoms with E-state index < -0.39 is 0 Å². The molecule has 2 N–H and O–H groups in total. The third-order valence-electron chi connectivity index (χ3n) is 11.7. The van der Waals surface area contributed by atoms with Crippen LogP contribution in [0.4, 0.5) is 11.5 Å². The van der Waals surface area contributed by atoms with Gasteiger partial charge >= 0.3 is 0 Å². The standard InChI is InChI=1S/C45H48Cl2N8O2/c1-24-15-16-49-38(18-24)50-44(48)30-11-14-36-34(21-30)37(23-52(36)7)54-22-27(4)55-42-33(12-13-35(46)40(42)39-28(5)51-53(8)29(39)6)32(43(55)45(54)56)10-9-17-57-31-19-25(2)41(47)26(3)20-31/h11-16,18-21,23,27,29,39H,9-10,17,22H2,1-8H3,(H2,48,49,50)/t27-,29?,39?/m1/s1. The molecule has 8 rings (SSSR count). The maximum atomic E-state index is 15.3. The second-order valence-electron chi connectivity index (χ2n) is 15.7. The first-order valence-electron chi connectivity index (χ1n) is 19.4. The van der Waals surface area contributed by atoms with E-state index in [1.54, 1.807) is 6.20 Å². The summed E-state index contributed by atoms with van der Waals surface area (Å²) in [5.74, 6) is 1.60. The fraction of sp³-hybridized carbons (Fsp3) is 0.333. The summed E-state index contributed by atoms with van der Waals surface area (Å²) in [7, 11) is 4.00. The number of nitrogens with two attached hydrogens (primary N) is 1. The number of rotatable bonds is 9. The summed E-state index contributed by atoms with van der Waals surface area (Å²) in [6, 6.07) is 17.9. The van der Waals surface area contributed by atoms with Gasteiger partial charge in [-0.05, 0) is 125 Å². The third kappa shape index (κ3) is 6.72. The molecule has 0 saturated carbocycles. The molecule has 2 aliphatic heterocycles. The van der Waals surface area contributed by atoms with Crippen molar-refractivity contribution in [3.05, 3.63) is 116 Å². The molecule has 0 bridgehead atoms. The predicted molar refractivity (Wildman–Crippen MR) is 233 cm³/mol. The van der Waals surface area contributed by atoms with Crippen LogP contribution in [-0.4, -0.2) is 62.8 Å². The number of hydrazone groups is 1. The summed E-state index contributed by atoms with van der Waals surface area (Å²) in [6.07, 6.45) is 5.09. The van der Waals surface area contributed by atoms with Crippen LogP contribution >= 0.6 is 23.2 Å². The summed E-state index contributed by atoms with van der Waals surface area (Å²) in [5, 5.41) is 10.2. The predicted octanol–water partition coefficient (Wildman–Crippen LogP) is 9.82. The molecule has 6 aromatic rings. The maximum Gasteiger partial charge on any atom is 0.275 e. The molecule has 0 spiro atoms. The van der Waals surface area contributed by atoms with Gasteiger partial charge in [-0.3, -0.25) is 9.80 Å². The van der Waals surface area contributed by atoms with E-state index in [2.05, 4.69) is 45.9 Å². The van der Waals surface area contributed by atoms with E-state index >= 15 is 4.79 Å². The molecule has 0 saturated heterocycles. The SMILES string of the molecule is CC1=NN(C)C(C)C1c1c(Cl)ccc2c(CCCOc3cc(C)c(Cl)c(C)c3)c3n(c12)[C@H](C)CN(c1cn(C)c2ccc(C(N)=Nc4cc(C)ccn4)cc12)C3=O. The number of carbonyl (C=O) groups is 1. The van der Waals surface area contributed by atoms with E-state index in [0.717, 1.165) is 77.4 Å². The lowest BCUT2D eigenvalue weighted by Gasteiger charge is -2.34. The van der Waals surface area contributed by atoms with Crippen molar-refractivity contribution in [2.45, 2.75) is 72.4 Å². The third-order valence-corrected chi connectivity index (χ3v) is 12.6. The number of likely N-dealkylation sites (N-methyl/N-ethyl adjacent to an activating group) is 1. The summed E-state index contributed by atoms with van der Waals surface area (Å²) >= 11 is 13.6. The van der Waals surface area contributed by atoms with Crippen molar-refractivity contribution in [1.29, 1.82) is 0 Å². The molecular weight excluding hydrogens is 755 g/mol. The van der Waals surface area contributed by atoms with Crippen molar-refractivity contribution in [3.63, 3.8) is 0 Å². The van der Waals surface area contributed by atoms with E-state index in [9.17, 15) is 0 Å². The van der Waals surface area contributed by atoms with Gasteiger partial charge in [-0.15, -0.1) is 0 Å². The van der Waals surface area contributed by atoms with Gasteiger partial charge in [0, 0.05) is 88.2 Å². The minimum absolute atomic E-state index is 0.0308. The number of pyridine rings is 1. The molecule has 57 heavy (non-hydrogen) atoms. The van der Waals surface area contributed by atoms with Crippen LogP contribution in [0.1, 0.15) is 83.0 Å². The van der Waals surface area contributed by atoms with Crippen molar-refractivity contribution < 1.29 is 9.53 Å². The smallest absolute Gasteiger partial charge is 0.275 e. The number of carbonyl (C=O) groups excluding carboxylic acids is 1. The number of benzene rings is 3. The minimum atomic E-state index is -0.0772. The Bertz CT molecular complexity index is 2630. The van der Waals surface area contributed by atoms with Crippen LogP contribution in [0.3, 0.4) is 0 Å². The molecule has 0 radical (unpaired) electrons. The fourth-order valence-corrected chi connectivity index (χ4v) is 9.20. The summed E-state index contributed by atoms with van der Waals surface area (Å²) < 4.78 is 10.6. The number of fused-ring (bicyclic) bond motifs is 4. The van der Waals surface area contributed by atoms with E-state index in [1.165, 1.54) is 0 Å². The molecular formula is C45H48Cl2N8O2. The average Bonchev–Trinajstić information content (AvgIpc) is 3.77. The number of hydrogen-bond donors (Lipinski definition) is 1. The average molecular weight is 804 g/mol. The van der Waals surface area contributed by atoms with Crippen molar-refractivity contribution in [3.8, 4) is 5.75 Å². The molecule has 0 aliphatic carbocycles. The highest BCUT2D eigenvalue weighted by atomic mass is 35.5. The van der Waals surface area contributed by atoms with Gasteiger partial charge in [0.15, 0.2) is 5.82 Å². The molecule has 5 heterocycles. The highest BCUT2D eigenvalue weighted by Crippen LogP contribution is 2.45. The van der Waals surface area contributed by atoms with Gasteiger partial charge < -0.3 is 24.5 Å². The van der Waals surface area contributed by atoms with E-state index in [-0.39, 0.29) is 23.9 Å². The Kier molecular flexibility index (Phi) is 10.1. The molecule has 2 unspecified atom stereocenters. The molecule has 2 aliphatic rings. The molecule has 10 nitrogen and oxygen atoms in total. The number of nitrogens with zero attached hydrogens (tertiary/aromatic N) is 7. The Balaban J connectivity index is 1.23. The van der Waals surface area contributed by atoms with Gasteiger partial charge in [-0.25, -0.2) is 9.98 Å². The molecule has 0 fully saturated rings. The van der Waals surface area contributed by atoms with Gasteiger partial charge in [0.2, 0.25) is 0 Å². The second-order valence-corrected chi connectivity index (χ2v) is 16.5. The molecule has 12 heteroatoms. The Labute approximate surface area is 343 Å². The monoisotopic (exact) mass is 802 g/mol. The van der Waals surface area contributed by atoms with E-state index in [1.807, 2.05) is 99.5 Å². The number of aliphatic imine (C=N–C) groups is 1. The zero-order chi connectivity index (χ0) is 40.4. The first-order chi connectivity index (χ1) is 27.2. The topological polar surface area (TPSA) is 106 Å². The van der Waals surface area contributed by atoms with Crippen molar-refractivity contribution >= 4 is 74.0 Å². The van der Waals surface area contributed by atoms with Crippen molar-refractivity contribution in [2.24, 2.45) is 22.9 Å². The zero-order valence-corrected chi connectivity index (χ0v) is 35.2.